The minimum absolute atomic E-state index is 0.0247. The second-order valence-corrected chi connectivity index (χ2v) is 9.96. The number of amides is 1. The van der Waals surface area contributed by atoms with Crippen LogP contribution in [0.25, 0.3) is 22.3 Å². The van der Waals surface area contributed by atoms with E-state index < -0.39 is 5.97 Å². The molecule has 1 saturated heterocycles. The summed E-state index contributed by atoms with van der Waals surface area (Å²) in [5.41, 5.74) is 5.38. The van der Waals surface area contributed by atoms with Gasteiger partial charge < -0.3 is 14.9 Å². The van der Waals surface area contributed by atoms with Gasteiger partial charge in [0.05, 0.1) is 22.4 Å². The summed E-state index contributed by atoms with van der Waals surface area (Å²) < 4.78 is 13.3. The average molecular weight is 527 g/mol. The van der Waals surface area contributed by atoms with Gasteiger partial charge in [0.15, 0.2) is 0 Å². The first-order valence-corrected chi connectivity index (χ1v) is 13.3. The number of carbonyl (C=O) groups excluding carboxylic acids is 1. The first-order chi connectivity index (χ1) is 18.9. The molecule has 7 nitrogen and oxygen atoms in total. The normalized spacial score (nSPS) is 15.5. The Bertz CT molecular complexity index is 1480. The summed E-state index contributed by atoms with van der Waals surface area (Å²) in [6, 6.07) is 21.7. The number of rotatable bonds is 8. The maximum Gasteiger partial charge on any atom is 0.303 e. The lowest BCUT2D eigenvalue weighted by molar-refractivity contribution is -0.137. The summed E-state index contributed by atoms with van der Waals surface area (Å²) in [7, 11) is 0. The Hall–Kier alpha value is -4.33. The number of carboxylic acids is 1. The standard InChI is InChI=1S/C31H31FN4O3/c1-21-20-35(25-14-12-24(32)13-15-25)17-18-36(21)31(39)23-11-16-26-28(19-23)33-27(9-5-6-10-29(37)38)30(34-26)22-7-3-2-4-8-22/h2-4,7-8,11-16,19,21H,5-6,9-10,17-18,20H2,1H3,(H,37,38)/t21-/m0/s1. The van der Waals surface area contributed by atoms with Gasteiger partial charge in [0.2, 0.25) is 0 Å². The molecule has 0 spiro atoms. The quantitative estimate of drug-likeness (QED) is 0.302. The summed E-state index contributed by atoms with van der Waals surface area (Å²) >= 11 is 0. The summed E-state index contributed by atoms with van der Waals surface area (Å²) in [4.78, 5) is 38.4. The molecule has 0 unspecified atom stereocenters. The van der Waals surface area contributed by atoms with E-state index in [2.05, 4.69) is 4.90 Å². The van der Waals surface area contributed by atoms with Gasteiger partial charge in [0, 0.05) is 48.9 Å². The highest BCUT2D eigenvalue weighted by molar-refractivity contribution is 5.98. The summed E-state index contributed by atoms with van der Waals surface area (Å²) in [6.45, 7) is 3.90. The lowest BCUT2D eigenvalue weighted by atomic mass is 10.0. The Morgan fingerprint density at radius 2 is 1.72 bits per heavy atom. The van der Waals surface area contributed by atoms with E-state index in [0.717, 1.165) is 22.6 Å². The van der Waals surface area contributed by atoms with Crippen molar-refractivity contribution in [2.75, 3.05) is 24.5 Å². The van der Waals surface area contributed by atoms with E-state index in [1.54, 1.807) is 24.3 Å². The average Bonchev–Trinajstić information content (AvgIpc) is 2.95. The van der Waals surface area contributed by atoms with Gasteiger partial charge in [-0.2, -0.15) is 0 Å². The van der Waals surface area contributed by atoms with E-state index in [1.165, 1.54) is 12.1 Å². The van der Waals surface area contributed by atoms with E-state index in [1.807, 2.05) is 48.2 Å². The number of piperazine rings is 1. The second-order valence-electron chi connectivity index (χ2n) is 9.96. The van der Waals surface area contributed by atoms with Crippen molar-refractivity contribution in [3.8, 4) is 11.3 Å². The van der Waals surface area contributed by atoms with Crippen molar-refractivity contribution in [2.24, 2.45) is 0 Å². The molecular weight excluding hydrogens is 495 g/mol. The molecule has 0 radical (unpaired) electrons. The molecule has 8 heteroatoms. The zero-order valence-electron chi connectivity index (χ0n) is 21.9. The van der Waals surface area contributed by atoms with Gasteiger partial charge in [0.25, 0.3) is 5.91 Å². The minimum Gasteiger partial charge on any atom is -0.481 e. The molecule has 1 aromatic heterocycles. The van der Waals surface area contributed by atoms with Crippen LogP contribution >= 0.6 is 0 Å². The fourth-order valence-electron chi connectivity index (χ4n) is 5.11. The number of halogens is 1. The lowest BCUT2D eigenvalue weighted by Gasteiger charge is -2.41. The molecule has 0 bridgehead atoms. The molecule has 4 aromatic rings. The number of hydrogen-bond donors (Lipinski definition) is 1. The zero-order valence-corrected chi connectivity index (χ0v) is 21.9. The van der Waals surface area contributed by atoms with Crippen LogP contribution in [-0.2, 0) is 11.2 Å². The number of benzene rings is 3. The first kappa shape index (κ1) is 26.3. The maximum absolute atomic E-state index is 13.5. The Labute approximate surface area is 226 Å². The Morgan fingerprint density at radius 3 is 2.44 bits per heavy atom. The summed E-state index contributed by atoms with van der Waals surface area (Å²) in [5, 5.41) is 9.00. The topological polar surface area (TPSA) is 86.6 Å². The molecule has 1 N–H and O–H groups in total. The molecule has 0 saturated carbocycles. The maximum atomic E-state index is 13.5. The van der Waals surface area contributed by atoms with Crippen LogP contribution in [0.15, 0.2) is 72.8 Å². The fourth-order valence-corrected chi connectivity index (χ4v) is 5.11. The van der Waals surface area contributed by atoms with Crippen molar-refractivity contribution in [1.82, 2.24) is 14.9 Å². The van der Waals surface area contributed by atoms with Crippen LogP contribution in [0.3, 0.4) is 0 Å². The van der Waals surface area contributed by atoms with Gasteiger partial charge in [-0.1, -0.05) is 30.3 Å². The number of carboxylic acid groups (broad SMARTS) is 1. The van der Waals surface area contributed by atoms with Crippen LogP contribution in [0.1, 0.15) is 42.2 Å². The van der Waals surface area contributed by atoms with Gasteiger partial charge in [-0.25, -0.2) is 14.4 Å². The number of fused-ring (bicyclic) bond motifs is 1. The monoisotopic (exact) mass is 526 g/mol. The van der Waals surface area contributed by atoms with Crippen LogP contribution in [-0.4, -0.2) is 57.5 Å². The van der Waals surface area contributed by atoms with Gasteiger partial charge in [0.1, 0.15) is 5.82 Å². The van der Waals surface area contributed by atoms with Crippen LogP contribution in [0.2, 0.25) is 0 Å². The fraction of sp³-hybridized carbons (Fsp3) is 0.290. The third kappa shape index (κ3) is 6.06. The minimum atomic E-state index is -0.807. The number of aryl methyl sites for hydroxylation is 1. The molecule has 39 heavy (non-hydrogen) atoms. The van der Waals surface area contributed by atoms with E-state index in [9.17, 15) is 14.0 Å². The second kappa shape index (κ2) is 11.6. The molecule has 1 aliphatic heterocycles. The predicted molar refractivity (Wildman–Crippen MR) is 149 cm³/mol. The zero-order chi connectivity index (χ0) is 27.4. The number of hydrogen-bond acceptors (Lipinski definition) is 5. The van der Waals surface area contributed by atoms with Crippen molar-refractivity contribution < 1.29 is 19.1 Å². The number of nitrogens with zero attached hydrogens (tertiary/aromatic N) is 4. The van der Waals surface area contributed by atoms with E-state index in [-0.39, 0.29) is 24.2 Å². The van der Waals surface area contributed by atoms with Gasteiger partial charge >= 0.3 is 5.97 Å². The molecule has 1 aliphatic rings. The lowest BCUT2D eigenvalue weighted by Crippen LogP contribution is -2.54. The molecule has 5 rings (SSSR count). The van der Waals surface area contributed by atoms with E-state index in [4.69, 9.17) is 15.1 Å². The molecule has 0 aliphatic carbocycles. The van der Waals surface area contributed by atoms with Crippen LogP contribution in [0.5, 0.6) is 0 Å². The van der Waals surface area contributed by atoms with E-state index >= 15 is 0 Å². The van der Waals surface area contributed by atoms with Crippen molar-refractivity contribution in [1.29, 1.82) is 0 Å². The van der Waals surface area contributed by atoms with Crippen molar-refractivity contribution >= 4 is 28.6 Å². The molecule has 200 valence electrons. The van der Waals surface area contributed by atoms with Crippen LogP contribution in [0, 0.1) is 5.82 Å². The van der Waals surface area contributed by atoms with Gasteiger partial charge in [-0.15, -0.1) is 0 Å². The predicted octanol–water partition coefficient (Wildman–Crippen LogP) is 5.58. The smallest absolute Gasteiger partial charge is 0.303 e. The summed E-state index contributed by atoms with van der Waals surface area (Å²) in [6.07, 6.45) is 1.96. The molecule has 2 heterocycles. The highest BCUT2D eigenvalue weighted by Crippen LogP contribution is 2.27. The third-order valence-electron chi connectivity index (χ3n) is 7.16. The highest BCUT2D eigenvalue weighted by atomic mass is 19.1. The van der Waals surface area contributed by atoms with Crippen LogP contribution in [0.4, 0.5) is 10.1 Å². The van der Waals surface area contributed by atoms with Gasteiger partial charge in [-0.05, 0) is 68.7 Å². The first-order valence-electron chi connectivity index (χ1n) is 13.3. The Kier molecular flexibility index (Phi) is 7.81. The van der Waals surface area contributed by atoms with Crippen molar-refractivity contribution in [3.63, 3.8) is 0 Å². The number of aromatic nitrogens is 2. The number of aliphatic carboxylic acids is 1. The Morgan fingerprint density at radius 1 is 0.949 bits per heavy atom. The number of unbranched alkanes of at least 4 members (excludes halogenated alkanes) is 1. The number of carbonyl (C=O) groups is 2. The largest absolute Gasteiger partial charge is 0.481 e. The molecule has 1 fully saturated rings. The third-order valence-corrected chi connectivity index (χ3v) is 7.16. The van der Waals surface area contributed by atoms with Crippen LogP contribution < -0.4 is 4.90 Å². The Balaban J connectivity index is 1.38. The molecular formula is C31H31FN4O3. The van der Waals surface area contributed by atoms with E-state index in [0.29, 0.717) is 55.5 Å². The van der Waals surface area contributed by atoms with Crippen molar-refractivity contribution in [2.45, 2.75) is 38.6 Å². The molecule has 1 atom stereocenters. The molecule has 1 amide bonds. The van der Waals surface area contributed by atoms with Crippen molar-refractivity contribution in [3.05, 3.63) is 89.9 Å². The summed E-state index contributed by atoms with van der Waals surface area (Å²) in [5.74, 6) is -1.13. The highest BCUT2D eigenvalue weighted by Gasteiger charge is 2.28. The SMILES string of the molecule is C[C@H]1CN(c2ccc(F)cc2)CCN1C(=O)c1ccc2nc(-c3ccccc3)c(CCCCC(=O)O)nc2c1. The van der Waals surface area contributed by atoms with Gasteiger partial charge in [-0.3, -0.25) is 9.59 Å². The number of anilines is 1. The molecule has 3 aromatic carbocycles.